The molecule has 96 heavy (non-hydrogen) atoms. The number of aliphatic hydroxyl groups is 5. The quantitative estimate of drug-likeness (QED) is 0.0225. The molecule has 0 amide bonds. The molecule has 1 saturated heterocycles. The first-order valence-electron chi connectivity index (χ1n) is 43.2. The van der Waals surface area contributed by atoms with Crippen LogP contribution >= 0.6 is 0 Å². The smallest absolute Gasteiger partial charge is 0.311 e. The summed E-state index contributed by atoms with van der Waals surface area (Å²) in [5.74, 6) is -1.21. The molecule has 0 aliphatic carbocycles. The zero-order valence-corrected chi connectivity index (χ0v) is 64.3. The second-order valence-corrected chi connectivity index (χ2v) is 30.7. The van der Waals surface area contributed by atoms with Crippen LogP contribution in [0.25, 0.3) is 0 Å². The van der Waals surface area contributed by atoms with Crippen LogP contribution in [0.3, 0.4) is 0 Å². The molecule has 8 atom stereocenters. The van der Waals surface area contributed by atoms with Crippen LogP contribution in [-0.4, -0.2) is 87.0 Å². The van der Waals surface area contributed by atoms with Gasteiger partial charge in [-0.15, -0.1) is 0 Å². The lowest BCUT2D eigenvalue weighted by molar-refractivity contribution is -0.287. The van der Waals surface area contributed by atoms with Crippen LogP contribution in [0.2, 0.25) is 0 Å². The summed E-state index contributed by atoms with van der Waals surface area (Å²) in [6.45, 7) is 6.28. The number of rotatable bonds is 77. The lowest BCUT2D eigenvalue weighted by Crippen LogP contribution is -2.58. The average molecular weight is 1360 g/mol. The molecule has 1 heterocycles. The van der Waals surface area contributed by atoms with Crippen molar-refractivity contribution in [3.63, 3.8) is 0 Å². The fourth-order valence-electron chi connectivity index (χ4n) is 14.6. The van der Waals surface area contributed by atoms with E-state index >= 15 is 0 Å². The first-order valence-corrected chi connectivity index (χ1v) is 43.2. The summed E-state index contributed by atoms with van der Waals surface area (Å²) in [6, 6.07) is 0. The molecule has 10 heteroatoms. The molecule has 0 radical (unpaired) electrons. The Morgan fingerprint density at radius 3 is 0.938 bits per heavy atom. The van der Waals surface area contributed by atoms with Crippen LogP contribution < -0.4 is 0 Å². The number of ether oxygens (including phenoxy) is 3. The topological polar surface area (TPSA) is 163 Å². The SMILES string of the molecule is CCCCCCCCCCCCCCCCCCCCCCCCCC(C(=O)OC[C@H]1OC(O)[C@H](O)[C@@H](O)[C@@H]1O)C(O)CCCCCCCCCCCCCCCCC/C=C/CCCCCCCCCCCCC(=O)OC(C)CCCCCCCCCCCCCCCCCC. The Hall–Kier alpha value is -1.56. The molecule has 1 rings (SSSR count). The van der Waals surface area contributed by atoms with Crippen molar-refractivity contribution in [2.45, 2.75) is 513 Å². The van der Waals surface area contributed by atoms with Gasteiger partial charge < -0.3 is 39.7 Å². The van der Waals surface area contributed by atoms with Crippen LogP contribution in [0.4, 0.5) is 0 Å². The van der Waals surface area contributed by atoms with Crippen molar-refractivity contribution in [3.05, 3.63) is 12.2 Å². The van der Waals surface area contributed by atoms with E-state index < -0.39 is 48.7 Å². The Morgan fingerprint density at radius 2 is 0.615 bits per heavy atom. The van der Waals surface area contributed by atoms with Crippen LogP contribution in [0.15, 0.2) is 12.2 Å². The highest BCUT2D eigenvalue weighted by Gasteiger charge is 2.44. The molecule has 0 spiro atoms. The van der Waals surface area contributed by atoms with Crippen LogP contribution in [0.1, 0.15) is 470 Å². The Morgan fingerprint density at radius 1 is 0.344 bits per heavy atom. The van der Waals surface area contributed by atoms with Crippen LogP contribution in [-0.2, 0) is 23.8 Å². The third-order valence-corrected chi connectivity index (χ3v) is 21.3. The number of hydrogen-bond donors (Lipinski definition) is 5. The van der Waals surface area contributed by atoms with Crippen LogP contribution in [0.5, 0.6) is 0 Å². The van der Waals surface area contributed by atoms with E-state index in [0.717, 1.165) is 57.8 Å². The molecule has 5 N–H and O–H groups in total. The molecule has 0 aromatic heterocycles. The van der Waals surface area contributed by atoms with Crippen molar-refractivity contribution in [3.8, 4) is 0 Å². The van der Waals surface area contributed by atoms with Crippen molar-refractivity contribution < 1.29 is 49.3 Å². The van der Waals surface area contributed by atoms with Gasteiger partial charge in [0.05, 0.1) is 18.1 Å². The third-order valence-electron chi connectivity index (χ3n) is 21.3. The Balaban J connectivity index is 1.97. The summed E-state index contributed by atoms with van der Waals surface area (Å²) >= 11 is 0. The minimum atomic E-state index is -1.69. The van der Waals surface area contributed by atoms with E-state index in [9.17, 15) is 35.1 Å². The van der Waals surface area contributed by atoms with Crippen molar-refractivity contribution >= 4 is 11.9 Å². The molecule has 0 aromatic rings. The second kappa shape index (κ2) is 73.2. The van der Waals surface area contributed by atoms with Crippen LogP contribution in [0, 0.1) is 5.92 Å². The molecular formula is C86H166O10. The van der Waals surface area contributed by atoms with Gasteiger partial charge in [-0.05, 0) is 64.7 Å². The second-order valence-electron chi connectivity index (χ2n) is 30.7. The Kier molecular flexibility index (Phi) is 70.5. The van der Waals surface area contributed by atoms with Gasteiger partial charge in [-0.2, -0.15) is 0 Å². The summed E-state index contributed by atoms with van der Waals surface area (Å²) in [4.78, 5) is 25.8. The van der Waals surface area contributed by atoms with Crippen molar-refractivity contribution in [2.24, 2.45) is 5.92 Å². The monoisotopic (exact) mass is 1360 g/mol. The minimum Gasteiger partial charge on any atom is -0.463 e. The van der Waals surface area contributed by atoms with E-state index in [4.69, 9.17) is 14.2 Å². The summed E-state index contributed by atoms with van der Waals surface area (Å²) in [7, 11) is 0. The van der Waals surface area contributed by atoms with Crippen molar-refractivity contribution in [1.82, 2.24) is 0 Å². The van der Waals surface area contributed by atoms with Gasteiger partial charge in [0.1, 0.15) is 31.0 Å². The normalized spacial score (nSPS) is 17.6. The van der Waals surface area contributed by atoms with Crippen molar-refractivity contribution in [1.29, 1.82) is 0 Å². The van der Waals surface area contributed by atoms with Gasteiger partial charge in [-0.1, -0.05) is 411 Å². The van der Waals surface area contributed by atoms with Gasteiger partial charge >= 0.3 is 11.9 Å². The summed E-state index contributed by atoms with van der Waals surface area (Å²) < 4.78 is 16.5. The summed E-state index contributed by atoms with van der Waals surface area (Å²) in [5, 5.41) is 51.7. The van der Waals surface area contributed by atoms with Crippen molar-refractivity contribution in [2.75, 3.05) is 6.61 Å². The van der Waals surface area contributed by atoms with Gasteiger partial charge in [-0.3, -0.25) is 9.59 Å². The highest BCUT2D eigenvalue weighted by atomic mass is 16.7. The largest absolute Gasteiger partial charge is 0.463 e. The van der Waals surface area contributed by atoms with E-state index in [1.165, 1.54) is 372 Å². The van der Waals surface area contributed by atoms with Gasteiger partial charge in [0.2, 0.25) is 0 Å². The number of carbonyl (C=O) groups excluding carboxylic acids is 2. The molecule has 1 aliphatic heterocycles. The molecular weight excluding hydrogens is 1190 g/mol. The standard InChI is InChI=1S/C86H166O10/c1-4-6-8-10-12-14-16-18-20-22-23-24-32-35-38-41-45-49-53-57-61-65-69-73-78(85(92)94-76-80-82(89)83(90)84(91)86(93)96-80)79(87)74-70-66-62-58-54-50-46-42-39-36-33-30-28-26-25-27-29-31-34-37-40-43-47-51-55-59-63-67-71-75-81(88)95-77(3)72-68-64-60-56-52-48-44-21-19-17-15-13-11-9-7-5-2/h29,31,77-80,82-84,86-87,89-91,93H,4-28,30,32-76H2,1-3H3/b31-29+/t77?,78?,79?,80-,82-,83+,84-,86?/m1/s1. The molecule has 0 bridgehead atoms. The number of allylic oxidation sites excluding steroid dienone is 2. The maximum atomic E-state index is 13.4. The molecule has 4 unspecified atom stereocenters. The number of aliphatic hydroxyl groups excluding tert-OH is 5. The van der Waals surface area contributed by atoms with Gasteiger partial charge in [-0.25, -0.2) is 0 Å². The summed E-state index contributed by atoms with van der Waals surface area (Å²) in [6.07, 6.45) is 85.9. The fraction of sp³-hybridized carbons (Fsp3) is 0.953. The molecule has 570 valence electrons. The van der Waals surface area contributed by atoms with E-state index in [1.807, 2.05) is 0 Å². The highest BCUT2D eigenvalue weighted by molar-refractivity contribution is 5.73. The van der Waals surface area contributed by atoms with E-state index in [1.54, 1.807) is 0 Å². The van der Waals surface area contributed by atoms with Gasteiger partial charge in [0.25, 0.3) is 0 Å². The predicted molar refractivity (Wildman–Crippen MR) is 409 cm³/mol. The number of carbonyl (C=O) groups is 2. The zero-order chi connectivity index (χ0) is 69.5. The Bertz CT molecular complexity index is 1610. The van der Waals surface area contributed by atoms with E-state index in [2.05, 4.69) is 32.9 Å². The zero-order valence-electron chi connectivity index (χ0n) is 64.3. The first kappa shape index (κ1) is 92.5. The predicted octanol–water partition coefficient (Wildman–Crippen LogP) is 25.1. The maximum absolute atomic E-state index is 13.4. The lowest BCUT2D eigenvalue weighted by atomic mass is 9.91. The number of esters is 2. The molecule has 1 fully saturated rings. The van der Waals surface area contributed by atoms with Gasteiger partial charge in [0.15, 0.2) is 6.29 Å². The maximum Gasteiger partial charge on any atom is 0.311 e. The molecule has 1 aliphatic rings. The fourth-order valence-corrected chi connectivity index (χ4v) is 14.6. The first-order chi connectivity index (χ1) is 47.1. The number of unbranched alkanes of at least 4 members (excludes halogenated alkanes) is 62. The Labute approximate surface area is 596 Å². The molecule has 10 nitrogen and oxygen atoms in total. The van der Waals surface area contributed by atoms with Gasteiger partial charge in [0, 0.05) is 6.42 Å². The average Bonchev–Trinajstić information content (AvgIpc) is 0.848. The lowest BCUT2D eigenvalue weighted by Gasteiger charge is -2.38. The molecule has 0 saturated carbocycles. The molecule has 0 aromatic carbocycles. The third kappa shape index (κ3) is 61.1. The number of hydrogen-bond acceptors (Lipinski definition) is 10. The summed E-state index contributed by atoms with van der Waals surface area (Å²) in [5.41, 5.74) is 0. The van der Waals surface area contributed by atoms with E-state index in [0.29, 0.717) is 19.3 Å². The van der Waals surface area contributed by atoms with E-state index in [-0.39, 0.29) is 18.7 Å². The highest BCUT2D eigenvalue weighted by Crippen LogP contribution is 2.26. The minimum absolute atomic E-state index is 0.0101.